The second kappa shape index (κ2) is 5.32. The summed E-state index contributed by atoms with van der Waals surface area (Å²) >= 11 is 0. The Kier molecular flexibility index (Phi) is 3.15. The van der Waals surface area contributed by atoms with Gasteiger partial charge in [-0.1, -0.05) is 42.5 Å². The van der Waals surface area contributed by atoms with Gasteiger partial charge in [0, 0.05) is 11.8 Å². The van der Waals surface area contributed by atoms with Crippen LogP contribution in [0.25, 0.3) is 27.6 Å². The van der Waals surface area contributed by atoms with Crippen LogP contribution in [0.3, 0.4) is 0 Å². The number of hydrogen-bond acceptors (Lipinski definition) is 3. The Labute approximate surface area is 133 Å². The molecule has 0 unspecified atom stereocenters. The summed E-state index contributed by atoms with van der Waals surface area (Å²) in [6.07, 6.45) is 3.24. The van der Waals surface area contributed by atoms with Gasteiger partial charge in [-0.2, -0.15) is 5.01 Å². The van der Waals surface area contributed by atoms with Crippen LogP contribution >= 0.6 is 0 Å². The molecule has 1 aliphatic heterocycles. The molecule has 114 valence electrons. The Morgan fingerprint density at radius 1 is 1.04 bits per heavy atom. The lowest BCUT2D eigenvalue weighted by Gasteiger charge is -2.25. The zero-order valence-corrected chi connectivity index (χ0v) is 12.7. The Morgan fingerprint density at radius 3 is 2.74 bits per heavy atom. The lowest BCUT2D eigenvalue weighted by atomic mass is 9.97. The van der Waals surface area contributed by atoms with E-state index in [1.54, 1.807) is 13.1 Å². The van der Waals surface area contributed by atoms with E-state index in [2.05, 4.69) is 41.8 Å². The van der Waals surface area contributed by atoms with Gasteiger partial charge >= 0.3 is 6.09 Å². The first kappa shape index (κ1) is 13.6. The molecule has 4 nitrogen and oxygen atoms in total. The van der Waals surface area contributed by atoms with E-state index in [1.165, 1.54) is 21.2 Å². The summed E-state index contributed by atoms with van der Waals surface area (Å²) in [7, 11) is 0. The quantitative estimate of drug-likeness (QED) is 0.659. The average molecular weight is 304 g/mol. The van der Waals surface area contributed by atoms with Crippen LogP contribution in [0.2, 0.25) is 0 Å². The van der Waals surface area contributed by atoms with E-state index in [9.17, 15) is 4.79 Å². The monoisotopic (exact) mass is 304 g/mol. The van der Waals surface area contributed by atoms with Crippen molar-refractivity contribution in [3.63, 3.8) is 0 Å². The SMILES string of the molecule is CCOC(=O)N1C=Cc2c(ccc3c2ccc2ccccc23)N1. The maximum absolute atomic E-state index is 11.8. The van der Waals surface area contributed by atoms with Crippen molar-refractivity contribution in [3.05, 3.63) is 60.3 Å². The molecule has 3 aromatic rings. The fourth-order valence-electron chi connectivity index (χ4n) is 3.00. The van der Waals surface area contributed by atoms with Crippen molar-refractivity contribution in [1.29, 1.82) is 0 Å². The number of nitrogens with zero attached hydrogens (tertiary/aromatic N) is 1. The predicted molar refractivity (Wildman–Crippen MR) is 93.0 cm³/mol. The number of fused-ring (bicyclic) bond motifs is 5. The lowest BCUT2D eigenvalue weighted by Crippen LogP contribution is -2.33. The van der Waals surface area contributed by atoms with Crippen molar-refractivity contribution < 1.29 is 9.53 Å². The molecule has 0 saturated heterocycles. The summed E-state index contributed by atoms with van der Waals surface area (Å²) in [6.45, 7) is 2.14. The zero-order valence-electron chi connectivity index (χ0n) is 12.7. The van der Waals surface area contributed by atoms with Crippen LogP contribution < -0.4 is 5.43 Å². The molecule has 23 heavy (non-hydrogen) atoms. The molecule has 0 fully saturated rings. The summed E-state index contributed by atoms with van der Waals surface area (Å²) in [5.41, 5.74) is 5.06. The summed E-state index contributed by atoms with van der Waals surface area (Å²) in [4.78, 5) is 11.8. The molecule has 0 saturated carbocycles. The topological polar surface area (TPSA) is 41.6 Å². The number of nitrogens with one attached hydrogen (secondary N) is 1. The van der Waals surface area contributed by atoms with E-state index < -0.39 is 6.09 Å². The number of rotatable bonds is 1. The smallest absolute Gasteiger partial charge is 0.432 e. The normalized spacial score (nSPS) is 13.0. The minimum Gasteiger partial charge on any atom is -0.448 e. The molecule has 4 rings (SSSR count). The third-order valence-corrected chi connectivity index (χ3v) is 4.06. The fourth-order valence-corrected chi connectivity index (χ4v) is 3.00. The number of benzene rings is 3. The van der Waals surface area contributed by atoms with Crippen LogP contribution in [0.1, 0.15) is 12.5 Å². The van der Waals surface area contributed by atoms with Gasteiger partial charge in [-0.25, -0.2) is 4.79 Å². The van der Waals surface area contributed by atoms with Crippen LogP contribution in [-0.4, -0.2) is 17.7 Å². The highest BCUT2D eigenvalue weighted by Gasteiger charge is 2.18. The van der Waals surface area contributed by atoms with E-state index in [0.29, 0.717) is 6.61 Å². The molecule has 1 N–H and O–H groups in total. The minimum atomic E-state index is -0.409. The predicted octanol–water partition coefficient (Wildman–Crippen LogP) is 4.76. The molecule has 0 spiro atoms. The molecule has 0 atom stereocenters. The first-order chi connectivity index (χ1) is 11.3. The summed E-state index contributed by atoms with van der Waals surface area (Å²) in [6, 6.07) is 16.7. The summed E-state index contributed by atoms with van der Waals surface area (Å²) in [5.74, 6) is 0. The number of hydrogen-bond donors (Lipinski definition) is 1. The Morgan fingerprint density at radius 2 is 1.87 bits per heavy atom. The number of carbonyl (C=O) groups excluding carboxylic acids is 1. The van der Waals surface area contributed by atoms with Crippen molar-refractivity contribution in [2.75, 3.05) is 12.0 Å². The van der Waals surface area contributed by atoms with E-state index in [4.69, 9.17) is 4.74 Å². The number of ether oxygens (including phenoxy) is 1. The highest BCUT2D eigenvalue weighted by atomic mass is 16.6. The fraction of sp³-hybridized carbons (Fsp3) is 0.105. The van der Waals surface area contributed by atoms with Gasteiger partial charge in [0.25, 0.3) is 0 Å². The maximum Gasteiger partial charge on any atom is 0.432 e. The van der Waals surface area contributed by atoms with Gasteiger partial charge in [-0.05, 0) is 40.6 Å². The number of anilines is 1. The van der Waals surface area contributed by atoms with Crippen LogP contribution in [0, 0.1) is 0 Å². The van der Waals surface area contributed by atoms with Crippen molar-refractivity contribution in [3.8, 4) is 0 Å². The van der Waals surface area contributed by atoms with Gasteiger partial charge < -0.3 is 4.74 Å². The number of carbonyl (C=O) groups is 1. The van der Waals surface area contributed by atoms with Gasteiger partial charge in [-0.15, -0.1) is 0 Å². The van der Waals surface area contributed by atoms with Gasteiger partial charge in [-0.3, -0.25) is 5.43 Å². The maximum atomic E-state index is 11.8. The van der Waals surface area contributed by atoms with E-state index in [-0.39, 0.29) is 0 Å². The molecular formula is C19H16N2O2. The average Bonchev–Trinajstić information content (AvgIpc) is 2.60. The molecule has 1 heterocycles. The van der Waals surface area contributed by atoms with Crippen LogP contribution in [-0.2, 0) is 4.74 Å². The molecular weight excluding hydrogens is 288 g/mol. The standard InChI is InChI=1S/C19H16N2O2/c1-2-23-19(22)21-12-11-17-16-8-7-13-5-3-4-6-14(13)15(16)9-10-18(17)20-21/h3-12,20H,2H2,1H3. The molecule has 0 bridgehead atoms. The van der Waals surface area contributed by atoms with Gasteiger partial charge in [0.15, 0.2) is 0 Å². The first-order valence-corrected chi connectivity index (χ1v) is 7.63. The van der Waals surface area contributed by atoms with Gasteiger partial charge in [0.2, 0.25) is 0 Å². The van der Waals surface area contributed by atoms with E-state index in [0.717, 1.165) is 16.6 Å². The lowest BCUT2D eigenvalue weighted by molar-refractivity contribution is 0.128. The highest BCUT2D eigenvalue weighted by Crippen LogP contribution is 2.34. The molecule has 1 aliphatic rings. The molecule has 0 aliphatic carbocycles. The van der Waals surface area contributed by atoms with Crippen molar-refractivity contribution in [1.82, 2.24) is 5.01 Å². The Hall–Kier alpha value is -3.01. The van der Waals surface area contributed by atoms with Crippen molar-refractivity contribution in [2.24, 2.45) is 0 Å². The minimum absolute atomic E-state index is 0.349. The molecule has 0 aromatic heterocycles. The third-order valence-electron chi connectivity index (χ3n) is 4.06. The van der Waals surface area contributed by atoms with Gasteiger partial charge in [0.1, 0.15) is 0 Å². The molecule has 0 radical (unpaired) electrons. The number of amides is 1. The molecule has 4 heteroatoms. The highest BCUT2D eigenvalue weighted by molar-refractivity contribution is 6.11. The van der Waals surface area contributed by atoms with Crippen LogP contribution in [0.5, 0.6) is 0 Å². The second-order valence-electron chi connectivity index (χ2n) is 5.41. The number of hydrazine groups is 1. The van der Waals surface area contributed by atoms with Crippen molar-refractivity contribution >= 4 is 39.4 Å². The zero-order chi connectivity index (χ0) is 15.8. The summed E-state index contributed by atoms with van der Waals surface area (Å²) < 4.78 is 5.01. The molecule has 3 aromatic carbocycles. The van der Waals surface area contributed by atoms with Crippen LogP contribution in [0.4, 0.5) is 10.5 Å². The third kappa shape index (κ3) is 2.19. The Balaban J connectivity index is 1.84. The molecule has 1 amide bonds. The summed E-state index contributed by atoms with van der Waals surface area (Å²) in [5, 5.41) is 6.18. The van der Waals surface area contributed by atoms with Crippen LogP contribution in [0.15, 0.2) is 54.7 Å². The van der Waals surface area contributed by atoms with E-state index in [1.807, 2.05) is 18.2 Å². The first-order valence-electron chi connectivity index (χ1n) is 7.63. The Bertz CT molecular complexity index is 947. The largest absolute Gasteiger partial charge is 0.448 e. The van der Waals surface area contributed by atoms with Gasteiger partial charge in [0.05, 0.1) is 12.3 Å². The van der Waals surface area contributed by atoms with Crippen molar-refractivity contribution in [2.45, 2.75) is 6.92 Å². The van der Waals surface area contributed by atoms with E-state index >= 15 is 0 Å². The second-order valence-corrected chi connectivity index (χ2v) is 5.41.